The van der Waals surface area contributed by atoms with Gasteiger partial charge in [-0.2, -0.15) is 0 Å². The molecule has 0 fully saturated rings. The molecule has 0 spiro atoms. The van der Waals surface area contributed by atoms with E-state index in [-0.39, 0.29) is 0 Å². The van der Waals surface area contributed by atoms with Crippen LogP contribution in [-0.4, -0.2) is 12.1 Å². The largest absolute Gasteiger partial charge is 0.493 e. The van der Waals surface area contributed by atoms with Crippen LogP contribution in [0.15, 0.2) is 69.5 Å². The predicted octanol–water partition coefficient (Wildman–Crippen LogP) is 5.40. The van der Waals surface area contributed by atoms with Crippen LogP contribution < -0.4 is 4.74 Å². The Morgan fingerprint density at radius 2 is 1.62 bits per heavy atom. The van der Waals surface area contributed by atoms with Crippen molar-refractivity contribution >= 4 is 33.0 Å². The lowest BCUT2D eigenvalue weighted by atomic mass is 10.1. The fraction of sp³-hybridized carbons (Fsp3) is 0.0500. The van der Waals surface area contributed by atoms with Gasteiger partial charge in [0, 0.05) is 16.3 Å². The molecule has 0 amide bonds. The van der Waals surface area contributed by atoms with E-state index in [1.165, 1.54) is 0 Å². The molecule has 24 heavy (non-hydrogen) atoms. The Morgan fingerprint density at radius 1 is 0.833 bits per heavy atom. The van der Waals surface area contributed by atoms with Crippen LogP contribution in [0.3, 0.4) is 0 Å². The van der Waals surface area contributed by atoms with Crippen molar-refractivity contribution in [3.63, 3.8) is 0 Å². The van der Waals surface area contributed by atoms with E-state index in [1.54, 1.807) is 7.11 Å². The number of furan rings is 1. The standard InChI is InChI=1S/C20H13NO3/c1-22-17-11-10-13(20-21-14-7-3-5-9-16(14)24-20)18-12-6-2-4-8-15(12)23-19(17)18/h2-11H,1H3. The summed E-state index contributed by atoms with van der Waals surface area (Å²) in [6.45, 7) is 0. The smallest absolute Gasteiger partial charge is 0.228 e. The van der Waals surface area contributed by atoms with Gasteiger partial charge >= 0.3 is 0 Å². The minimum Gasteiger partial charge on any atom is -0.493 e. The number of aromatic nitrogens is 1. The van der Waals surface area contributed by atoms with Crippen LogP contribution in [0.1, 0.15) is 0 Å². The Balaban J connectivity index is 1.91. The summed E-state index contributed by atoms with van der Waals surface area (Å²) in [5.41, 5.74) is 4.02. The quantitative estimate of drug-likeness (QED) is 0.437. The van der Waals surface area contributed by atoms with Crippen molar-refractivity contribution in [1.82, 2.24) is 4.98 Å². The average Bonchev–Trinajstić information content (AvgIpc) is 3.22. The highest BCUT2D eigenvalue weighted by molar-refractivity contribution is 6.13. The Labute approximate surface area is 137 Å². The highest BCUT2D eigenvalue weighted by atomic mass is 16.5. The SMILES string of the molecule is COc1ccc(-c2nc3ccccc3o2)c2c1oc1ccccc12. The summed E-state index contributed by atoms with van der Waals surface area (Å²) in [5, 5.41) is 1.97. The molecule has 5 aromatic rings. The molecule has 0 bridgehead atoms. The second-order valence-electron chi connectivity index (χ2n) is 5.60. The van der Waals surface area contributed by atoms with E-state index in [2.05, 4.69) is 4.98 Å². The first-order chi connectivity index (χ1) is 11.8. The molecule has 4 nitrogen and oxygen atoms in total. The van der Waals surface area contributed by atoms with Crippen molar-refractivity contribution in [3.8, 4) is 17.2 Å². The molecule has 0 N–H and O–H groups in total. The number of fused-ring (bicyclic) bond motifs is 4. The van der Waals surface area contributed by atoms with Crippen LogP contribution in [0.5, 0.6) is 5.75 Å². The van der Waals surface area contributed by atoms with Gasteiger partial charge in [0.05, 0.1) is 7.11 Å². The number of methoxy groups -OCH3 is 1. The zero-order valence-electron chi connectivity index (χ0n) is 12.9. The van der Waals surface area contributed by atoms with Gasteiger partial charge < -0.3 is 13.6 Å². The summed E-state index contributed by atoms with van der Waals surface area (Å²) in [6, 6.07) is 19.5. The molecular formula is C20H13NO3. The molecule has 0 unspecified atom stereocenters. The summed E-state index contributed by atoms with van der Waals surface area (Å²) < 4.78 is 17.4. The van der Waals surface area contributed by atoms with Crippen molar-refractivity contribution < 1.29 is 13.6 Å². The molecule has 0 aliphatic carbocycles. The van der Waals surface area contributed by atoms with Crippen LogP contribution in [0.25, 0.3) is 44.5 Å². The van der Waals surface area contributed by atoms with Gasteiger partial charge in [-0.1, -0.05) is 30.3 Å². The number of hydrogen-bond donors (Lipinski definition) is 0. The zero-order valence-corrected chi connectivity index (χ0v) is 12.9. The van der Waals surface area contributed by atoms with Gasteiger partial charge in [0.25, 0.3) is 0 Å². The first-order valence-electron chi connectivity index (χ1n) is 7.69. The Morgan fingerprint density at radius 3 is 2.46 bits per heavy atom. The molecule has 0 radical (unpaired) electrons. The number of nitrogens with zero attached hydrogens (tertiary/aromatic N) is 1. The van der Waals surface area contributed by atoms with Crippen molar-refractivity contribution in [3.05, 3.63) is 60.7 Å². The molecule has 0 aliphatic rings. The van der Waals surface area contributed by atoms with Crippen molar-refractivity contribution in [2.45, 2.75) is 0 Å². The van der Waals surface area contributed by atoms with Crippen molar-refractivity contribution in [2.24, 2.45) is 0 Å². The van der Waals surface area contributed by atoms with Crippen LogP contribution in [-0.2, 0) is 0 Å². The van der Waals surface area contributed by atoms with E-state index >= 15 is 0 Å². The summed E-state index contributed by atoms with van der Waals surface area (Å²) in [7, 11) is 1.64. The molecule has 0 saturated carbocycles. The van der Waals surface area contributed by atoms with E-state index in [9.17, 15) is 0 Å². The molecule has 0 atom stereocenters. The lowest BCUT2D eigenvalue weighted by molar-refractivity contribution is 0.412. The number of benzene rings is 3. The lowest BCUT2D eigenvalue weighted by Gasteiger charge is -2.03. The summed E-state index contributed by atoms with van der Waals surface area (Å²) in [5.74, 6) is 1.27. The summed E-state index contributed by atoms with van der Waals surface area (Å²) in [4.78, 5) is 4.63. The fourth-order valence-electron chi connectivity index (χ4n) is 3.13. The maximum absolute atomic E-state index is 6.02. The molecule has 116 valence electrons. The molecule has 5 rings (SSSR count). The summed E-state index contributed by atoms with van der Waals surface area (Å²) >= 11 is 0. The number of rotatable bonds is 2. The van der Waals surface area contributed by atoms with Crippen LogP contribution in [0.2, 0.25) is 0 Å². The number of oxazole rings is 1. The van der Waals surface area contributed by atoms with Crippen LogP contribution in [0.4, 0.5) is 0 Å². The third-order valence-corrected chi connectivity index (χ3v) is 4.23. The third-order valence-electron chi connectivity index (χ3n) is 4.23. The normalized spacial score (nSPS) is 11.5. The van der Waals surface area contributed by atoms with Gasteiger partial charge in [-0.3, -0.25) is 0 Å². The van der Waals surface area contributed by atoms with Crippen molar-refractivity contribution in [1.29, 1.82) is 0 Å². The first kappa shape index (κ1) is 13.2. The molecule has 2 aromatic heterocycles. The van der Waals surface area contributed by atoms with Gasteiger partial charge in [-0.25, -0.2) is 4.98 Å². The van der Waals surface area contributed by atoms with Gasteiger partial charge in [0.15, 0.2) is 16.9 Å². The molecule has 4 heteroatoms. The minimum atomic E-state index is 0.579. The third kappa shape index (κ3) is 1.77. The monoisotopic (exact) mass is 315 g/mol. The number of para-hydroxylation sites is 3. The van der Waals surface area contributed by atoms with Crippen LogP contribution >= 0.6 is 0 Å². The van der Waals surface area contributed by atoms with Gasteiger partial charge in [0.2, 0.25) is 5.89 Å². The Kier molecular flexibility index (Phi) is 2.67. The number of ether oxygens (including phenoxy) is 1. The van der Waals surface area contributed by atoms with E-state index in [1.807, 2.05) is 60.7 Å². The van der Waals surface area contributed by atoms with E-state index < -0.39 is 0 Å². The maximum Gasteiger partial charge on any atom is 0.228 e. The molecule has 0 aliphatic heterocycles. The summed E-state index contributed by atoms with van der Waals surface area (Å²) in [6.07, 6.45) is 0. The topological polar surface area (TPSA) is 48.4 Å². The second kappa shape index (κ2) is 4.86. The highest BCUT2D eigenvalue weighted by Crippen LogP contribution is 2.41. The maximum atomic E-state index is 6.02. The van der Waals surface area contributed by atoms with Crippen LogP contribution in [0, 0.1) is 0 Å². The Bertz CT molecular complexity index is 1170. The molecular weight excluding hydrogens is 302 g/mol. The lowest BCUT2D eigenvalue weighted by Crippen LogP contribution is -1.85. The first-order valence-corrected chi connectivity index (χ1v) is 7.69. The zero-order chi connectivity index (χ0) is 16.1. The van der Waals surface area contributed by atoms with Crippen molar-refractivity contribution in [2.75, 3.05) is 7.11 Å². The van der Waals surface area contributed by atoms with E-state index in [4.69, 9.17) is 13.6 Å². The minimum absolute atomic E-state index is 0.579. The highest BCUT2D eigenvalue weighted by Gasteiger charge is 2.19. The second-order valence-corrected chi connectivity index (χ2v) is 5.60. The number of hydrogen-bond acceptors (Lipinski definition) is 4. The fourth-order valence-corrected chi connectivity index (χ4v) is 3.13. The van der Waals surface area contributed by atoms with Gasteiger partial charge in [-0.05, 0) is 30.3 Å². The average molecular weight is 315 g/mol. The molecule has 0 saturated heterocycles. The predicted molar refractivity (Wildman–Crippen MR) is 93.3 cm³/mol. The van der Waals surface area contributed by atoms with E-state index in [0.717, 1.165) is 33.0 Å². The van der Waals surface area contributed by atoms with Gasteiger partial charge in [0.1, 0.15) is 11.1 Å². The molecule has 3 aromatic carbocycles. The Hall–Kier alpha value is -3.27. The van der Waals surface area contributed by atoms with Gasteiger partial charge in [-0.15, -0.1) is 0 Å². The van der Waals surface area contributed by atoms with E-state index in [0.29, 0.717) is 17.2 Å². The molecule has 2 heterocycles.